The summed E-state index contributed by atoms with van der Waals surface area (Å²) < 4.78 is 0. The monoisotopic (exact) mass is 136 g/mol. The van der Waals surface area contributed by atoms with E-state index in [1.807, 2.05) is 6.08 Å². The van der Waals surface area contributed by atoms with Crippen molar-refractivity contribution >= 4 is 5.78 Å². The molecule has 0 radical (unpaired) electrons. The smallest absolute Gasteiger partial charge is 0.139 e. The van der Waals surface area contributed by atoms with Crippen LogP contribution in [0.5, 0.6) is 0 Å². The summed E-state index contributed by atoms with van der Waals surface area (Å²) >= 11 is 0. The molecule has 0 amide bonds. The topological polar surface area (TPSA) is 17.1 Å². The second kappa shape index (κ2) is 1.71. The largest absolute Gasteiger partial charge is 0.299 e. The van der Waals surface area contributed by atoms with Crippen LogP contribution >= 0.6 is 0 Å². The van der Waals surface area contributed by atoms with E-state index in [4.69, 9.17) is 0 Å². The van der Waals surface area contributed by atoms with Gasteiger partial charge in [0.25, 0.3) is 0 Å². The molecule has 0 aromatic rings. The van der Waals surface area contributed by atoms with Crippen LogP contribution in [0.4, 0.5) is 0 Å². The molecule has 2 rings (SSSR count). The average Bonchev–Trinajstić information content (AvgIpc) is 2.53. The molecular weight excluding hydrogens is 124 g/mol. The maximum atomic E-state index is 11.3. The van der Waals surface area contributed by atoms with E-state index < -0.39 is 0 Å². The molecule has 1 heteroatoms. The Kier molecular flexibility index (Phi) is 1.05. The number of fused-ring (bicyclic) bond motifs is 1. The van der Waals surface area contributed by atoms with Gasteiger partial charge in [-0.05, 0) is 25.2 Å². The molecule has 2 atom stereocenters. The lowest BCUT2D eigenvalue weighted by atomic mass is 9.98. The Morgan fingerprint density at radius 2 is 2.60 bits per heavy atom. The van der Waals surface area contributed by atoms with Crippen LogP contribution in [-0.4, -0.2) is 5.78 Å². The fourth-order valence-electron chi connectivity index (χ4n) is 2.28. The molecule has 0 aliphatic heterocycles. The van der Waals surface area contributed by atoms with E-state index in [1.165, 1.54) is 0 Å². The first-order chi connectivity index (χ1) is 4.79. The Balaban J connectivity index is 2.16. The van der Waals surface area contributed by atoms with Crippen molar-refractivity contribution in [3.8, 4) is 0 Å². The van der Waals surface area contributed by atoms with Crippen LogP contribution in [0.25, 0.3) is 0 Å². The highest BCUT2D eigenvalue weighted by molar-refractivity contribution is 5.90. The third-order valence-electron chi connectivity index (χ3n) is 3.02. The van der Waals surface area contributed by atoms with Gasteiger partial charge in [0, 0.05) is 11.8 Å². The minimum atomic E-state index is 0.113. The van der Waals surface area contributed by atoms with Crippen molar-refractivity contribution in [2.75, 3.05) is 0 Å². The summed E-state index contributed by atoms with van der Waals surface area (Å²) in [6, 6.07) is 0. The molecule has 0 N–H and O–H groups in total. The number of ketones is 1. The van der Waals surface area contributed by atoms with E-state index in [0.29, 0.717) is 5.78 Å². The van der Waals surface area contributed by atoms with Crippen molar-refractivity contribution in [1.82, 2.24) is 0 Å². The molecule has 10 heavy (non-hydrogen) atoms. The van der Waals surface area contributed by atoms with Crippen molar-refractivity contribution < 1.29 is 4.79 Å². The van der Waals surface area contributed by atoms with E-state index >= 15 is 0 Å². The first kappa shape index (κ1) is 6.14. The summed E-state index contributed by atoms with van der Waals surface area (Å²) in [6.45, 7) is 3.68. The number of rotatable bonds is 2. The van der Waals surface area contributed by atoms with Crippen LogP contribution in [0.1, 0.15) is 25.7 Å². The van der Waals surface area contributed by atoms with Gasteiger partial charge in [-0.3, -0.25) is 4.79 Å². The molecule has 2 saturated carbocycles. The fourth-order valence-corrected chi connectivity index (χ4v) is 2.28. The van der Waals surface area contributed by atoms with E-state index in [0.717, 1.165) is 31.6 Å². The van der Waals surface area contributed by atoms with Gasteiger partial charge in [-0.25, -0.2) is 0 Å². The second-order valence-electron chi connectivity index (χ2n) is 3.51. The van der Waals surface area contributed by atoms with Crippen molar-refractivity contribution in [3.05, 3.63) is 12.7 Å². The van der Waals surface area contributed by atoms with Crippen molar-refractivity contribution in [3.63, 3.8) is 0 Å². The summed E-state index contributed by atoms with van der Waals surface area (Å²) in [5, 5.41) is 0. The second-order valence-corrected chi connectivity index (χ2v) is 3.51. The summed E-state index contributed by atoms with van der Waals surface area (Å²) in [5.41, 5.74) is 0.113. The third kappa shape index (κ3) is 0.556. The molecule has 54 valence electrons. The Morgan fingerprint density at radius 1 is 1.80 bits per heavy atom. The van der Waals surface area contributed by atoms with Gasteiger partial charge >= 0.3 is 0 Å². The van der Waals surface area contributed by atoms with Crippen molar-refractivity contribution in [2.24, 2.45) is 11.3 Å². The highest BCUT2D eigenvalue weighted by atomic mass is 16.1. The maximum Gasteiger partial charge on any atom is 0.139 e. The van der Waals surface area contributed by atoms with Gasteiger partial charge in [0.2, 0.25) is 0 Å². The van der Waals surface area contributed by atoms with Crippen LogP contribution < -0.4 is 0 Å². The lowest BCUT2D eigenvalue weighted by molar-refractivity contribution is -0.122. The summed E-state index contributed by atoms with van der Waals surface area (Å²) in [6.07, 6.45) is 5.95. The molecule has 2 aliphatic carbocycles. The fraction of sp³-hybridized carbons (Fsp3) is 0.667. The van der Waals surface area contributed by atoms with Crippen LogP contribution in [0, 0.1) is 11.3 Å². The van der Waals surface area contributed by atoms with Crippen LogP contribution in [-0.2, 0) is 4.79 Å². The summed E-state index contributed by atoms with van der Waals surface area (Å²) in [4.78, 5) is 11.3. The molecule has 0 aromatic carbocycles. The Labute approximate surface area is 61.1 Å². The lowest BCUT2D eigenvalue weighted by Crippen LogP contribution is -2.10. The molecule has 2 fully saturated rings. The van der Waals surface area contributed by atoms with Gasteiger partial charge in [0.15, 0.2) is 0 Å². The lowest BCUT2D eigenvalue weighted by Gasteiger charge is -2.04. The van der Waals surface area contributed by atoms with Crippen LogP contribution in [0.15, 0.2) is 12.7 Å². The SMILES string of the molecule is C=CCC12CC1CCC2=O. The molecule has 0 bridgehead atoms. The zero-order chi connectivity index (χ0) is 7.19. The summed E-state index contributed by atoms with van der Waals surface area (Å²) in [7, 11) is 0. The molecule has 2 aliphatic rings. The number of hydrogen-bond acceptors (Lipinski definition) is 1. The van der Waals surface area contributed by atoms with Crippen LogP contribution in [0.2, 0.25) is 0 Å². The van der Waals surface area contributed by atoms with E-state index in [9.17, 15) is 4.79 Å². The number of Topliss-reactive ketones (excluding diaryl/α,β-unsaturated/α-hetero) is 1. The molecule has 0 spiro atoms. The predicted molar refractivity (Wildman–Crippen MR) is 39.6 cm³/mol. The van der Waals surface area contributed by atoms with Gasteiger partial charge in [-0.1, -0.05) is 6.08 Å². The van der Waals surface area contributed by atoms with Gasteiger partial charge < -0.3 is 0 Å². The number of carbonyl (C=O) groups is 1. The highest BCUT2D eigenvalue weighted by Crippen LogP contribution is 2.63. The Hall–Kier alpha value is -0.590. The molecule has 1 nitrogen and oxygen atoms in total. The highest BCUT2D eigenvalue weighted by Gasteiger charge is 2.61. The number of carbonyl (C=O) groups excluding carboxylic acids is 1. The van der Waals surface area contributed by atoms with E-state index in [2.05, 4.69) is 6.58 Å². The maximum absolute atomic E-state index is 11.3. The third-order valence-corrected chi connectivity index (χ3v) is 3.02. The molecule has 0 heterocycles. The predicted octanol–water partition coefficient (Wildman–Crippen LogP) is 1.93. The van der Waals surface area contributed by atoms with Gasteiger partial charge in [0.1, 0.15) is 5.78 Å². The summed E-state index contributed by atoms with van der Waals surface area (Å²) in [5.74, 6) is 1.23. The molecule has 2 unspecified atom stereocenters. The first-order valence-electron chi connectivity index (χ1n) is 3.94. The normalized spacial score (nSPS) is 43.2. The van der Waals surface area contributed by atoms with E-state index in [1.54, 1.807) is 0 Å². The van der Waals surface area contributed by atoms with E-state index in [-0.39, 0.29) is 5.41 Å². The Morgan fingerprint density at radius 3 is 3.00 bits per heavy atom. The van der Waals surface area contributed by atoms with Gasteiger partial charge in [-0.2, -0.15) is 0 Å². The van der Waals surface area contributed by atoms with Gasteiger partial charge in [0.05, 0.1) is 0 Å². The van der Waals surface area contributed by atoms with Crippen molar-refractivity contribution in [2.45, 2.75) is 25.7 Å². The zero-order valence-corrected chi connectivity index (χ0v) is 6.10. The standard InChI is InChI=1S/C9H12O/c1-2-5-9-6-7(9)3-4-8(9)10/h2,7H,1,3-6H2. The quantitative estimate of drug-likeness (QED) is 0.530. The molecular formula is C9H12O. The molecule has 0 saturated heterocycles. The van der Waals surface area contributed by atoms with Crippen molar-refractivity contribution in [1.29, 1.82) is 0 Å². The Bertz CT molecular complexity index is 195. The minimum absolute atomic E-state index is 0.113. The first-order valence-corrected chi connectivity index (χ1v) is 3.94. The van der Waals surface area contributed by atoms with Gasteiger partial charge in [-0.15, -0.1) is 6.58 Å². The van der Waals surface area contributed by atoms with Crippen LogP contribution in [0.3, 0.4) is 0 Å². The average molecular weight is 136 g/mol. The number of allylic oxidation sites excluding steroid dienone is 1. The molecule has 0 aromatic heterocycles. The zero-order valence-electron chi connectivity index (χ0n) is 6.10. The minimum Gasteiger partial charge on any atom is -0.299 e. The number of hydrogen-bond donors (Lipinski definition) is 0.